The van der Waals surface area contributed by atoms with E-state index in [0.29, 0.717) is 28.9 Å². The second-order valence-electron chi connectivity index (χ2n) is 8.29. The minimum atomic E-state index is -0.698. The van der Waals surface area contributed by atoms with Crippen LogP contribution in [0.15, 0.2) is 22.9 Å². The van der Waals surface area contributed by atoms with Gasteiger partial charge in [-0.1, -0.05) is 12.8 Å². The number of nitrogens with zero attached hydrogens (tertiary/aromatic N) is 1. The van der Waals surface area contributed by atoms with Crippen LogP contribution in [0.25, 0.3) is 0 Å². The highest BCUT2D eigenvalue weighted by atomic mass is 16.7. The Morgan fingerprint density at radius 1 is 1.42 bits per heavy atom. The Hall–Kier alpha value is -1.97. The molecule has 1 spiro atoms. The molecule has 0 aliphatic carbocycles. The normalized spacial score (nSPS) is 55.2. The van der Waals surface area contributed by atoms with E-state index < -0.39 is 5.79 Å². The lowest BCUT2D eigenvalue weighted by Crippen LogP contribution is -2.60. The number of cyclic esters (lactones) is 1. The maximum absolute atomic E-state index is 12.1. The van der Waals surface area contributed by atoms with E-state index in [-0.39, 0.29) is 35.4 Å². The first-order valence-electron chi connectivity index (χ1n) is 9.32. The molecule has 0 aromatic carbocycles. The quantitative estimate of drug-likeness (QED) is 0.525. The van der Waals surface area contributed by atoms with Gasteiger partial charge in [-0.2, -0.15) is 0 Å². The van der Waals surface area contributed by atoms with E-state index in [1.807, 2.05) is 0 Å². The van der Waals surface area contributed by atoms with Crippen LogP contribution in [0.4, 0.5) is 0 Å². The zero-order chi connectivity index (χ0) is 18.0. The molecule has 0 saturated carbocycles. The van der Waals surface area contributed by atoms with Crippen LogP contribution in [0.2, 0.25) is 0 Å². The van der Waals surface area contributed by atoms with Crippen molar-refractivity contribution < 1.29 is 23.7 Å². The highest BCUT2D eigenvalue weighted by molar-refractivity contribution is 5.93. The average molecular weight is 355 g/mol. The minimum Gasteiger partial charge on any atom is -0.492 e. The Bertz CT molecular complexity index is 868. The molecule has 1 unspecified atom stereocenters. The van der Waals surface area contributed by atoms with Crippen molar-refractivity contribution in [3.8, 4) is 12.3 Å². The molecule has 0 amide bonds. The van der Waals surface area contributed by atoms with Crippen molar-refractivity contribution in [1.29, 1.82) is 0 Å². The summed E-state index contributed by atoms with van der Waals surface area (Å²) in [4.78, 5) is 14.6. The van der Waals surface area contributed by atoms with E-state index in [1.165, 1.54) is 0 Å². The third kappa shape index (κ3) is 1.26. The standard InChI is InChI=1S/C20H21NO5/c1-5-19-12-6-7-21(19)11-8-13(19)25-20(12)14(11)9(2)16(26-20)17-15(23-4)10(3)18(22)24-17/h1,9,11-14H,6-8H2,2-4H3/b17-16-/t9-,11-,12-,13-,14+,19-,20+/m0/s1. The second-order valence-corrected chi connectivity index (χ2v) is 8.29. The maximum atomic E-state index is 12.1. The Balaban J connectivity index is 1.53. The van der Waals surface area contributed by atoms with E-state index in [9.17, 15) is 4.79 Å². The first kappa shape index (κ1) is 15.1. The van der Waals surface area contributed by atoms with E-state index in [1.54, 1.807) is 14.0 Å². The van der Waals surface area contributed by atoms with E-state index >= 15 is 0 Å². The Labute approximate surface area is 152 Å². The monoisotopic (exact) mass is 355 g/mol. The molecule has 0 radical (unpaired) electrons. The molecular formula is C20H21NO5. The summed E-state index contributed by atoms with van der Waals surface area (Å²) in [7, 11) is 1.55. The number of esters is 1. The summed E-state index contributed by atoms with van der Waals surface area (Å²) in [6.45, 7) is 4.85. The third-order valence-electron chi connectivity index (χ3n) is 7.63. The average Bonchev–Trinajstić information content (AvgIpc) is 3.33. The molecular weight excluding hydrogens is 334 g/mol. The van der Waals surface area contributed by atoms with Gasteiger partial charge in [-0.3, -0.25) is 4.90 Å². The molecule has 0 aromatic heterocycles. The lowest BCUT2D eigenvalue weighted by atomic mass is 9.71. The van der Waals surface area contributed by atoms with Crippen LogP contribution >= 0.6 is 0 Å². The summed E-state index contributed by atoms with van der Waals surface area (Å²) in [5.41, 5.74) is 0.140. The van der Waals surface area contributed by atoms with Crippen LogP contribution in [-0.2, 0) is 23.7 Å². The van der Waals surface area contributed by atoms with Gasteiger partial charge in [0.1, 0.15) is 11.3 Å². The number of terminal acetylenes is 1. The number of ether oxygens (including phenoxy) is 4. The van der Waals surface area contributed by atoms with Gasteiger partial charge in [-0.15, -0.1) is 6.42 Å². The van der Waals surface area contributed by atoms with Gasteiger partial charge in [-0.05, 0) is 19.8 Å². The van der Waals surface area contributed by atoms with Gasteiger partial charge >= 0.3 is 5.97 Å². The molecule has 6 heterocycles. The molecule has 5 bridgehead atoms. The van der Waals surface area contributed by atoms with Gasteiger partial charge in [0.15, 0.2) is 5.76 Å². The van der Waals surface area contributed by atoms with Gasteiger partial charge in [0, 0.05) is 18.5 Å². The first-order chi connectivity index (χ1) is 12.5. The number of rotatable bonds is 1. The van der Waals surface area contributed by atoms with Crippen LogP contribution in [0.3, 0.4) is 0 Å². The molecule has 136 valence electrons. The largest absolute Gasteiger partial charge is 0.492 e. The summed E-state index contributed by atoms with van der Waals surface area (Å²) in [5, 5.41) is 0. The SMILES string of the molecule is C#C[C@@]12[C@@H]3C[C@H]4[C@H]5[C@H](C)/C(=C6/OC(=O)C(C)=C6OC)O[C@]5(O3)[C@H]1CCN42. The third-order valence-corrected chi connectivity index (χ3v) is 7.63. The highest BCUT2D eigenvalue weighted by Gasteiger charge is 2.84. The summed E-state index contributed by atoms with van der Waals surface area (Å²) in [6.07, 6.45) is 7.99. The van der Waals surface area contributed by atoms with Gasteiger partial charge in [0.25, 0.3) is 0 Å². The maximum Gasteiger partial charge on any atom is 0.343 e. The molecule has 6 nitrogen and oxygen atoms in total. The number of hydrogen-bond acceptors (Lipinski definition) is 6. The molecule has 5 saturated heterocycles. The van der Waals surface area contributed by atoms with E-state index in [2.05, 4.69) is 17.7 Å². The highest BCUT2D eigenvalue weighted by Crippen LogP contribution is 2.72. The van der Waals surface area contributed by atoms with Crippen molar-refractivity contribution in [1.82, 2.24) is 4.90 Å². The lowest BCUT2D eigenvalue weighted by Gasteiger charge is -2.46. The molecule has 26 heavy (non-hydrogen) atoms. The number of piperidine rings is 1. The fourth-order valence-electron chi connectivity index (χ4n) is 6.81. The minimum absolute atomic E-state index is 0.0307. The molecule has 6 rings (SSSR count). The van der Waals surface area contributed by atoms with E-state index in [0.717, 1.165) is 19.4 Å². The van der Waals surface area contributed by atoms with Crippen LogP contribution in [0.5, 0.6) is 0 Å². The van der Waals surface area contributed by atoms with Crippen LogP contribution < -0.4 is 0 Å². The second kappa shape index (κ2) is 4.29. The number of hydrogen-bond donors (Lipinski definition) is 0. The predicted molar refractivity (Wildman–Crippen MR) is 89.0 cm³/mol. The molecule has 0 N–H and O–H groups in total. The molecule has 6 aliphatic rings. The van der Waals surface area contributed by atoms with Crippen molar-refractivity contribution in [3.63, 3.8) is 0 Å². The number of allylic oxidation sites excluding steroid dienone is 1. The first-order valence-corrected chi connectivity index (χ1v) is 9.32. The summed E-state index contributed by atoms with van der Waals surface area (Å²) in [5.74, 6) is 3.97. The van der Waals surface area contributed by atoms with Crippen LogP contribution in [0, 0.1) is 30.1 Å². The summed E-state index contributed by atoms with van der Waals surface area (Å²) < 4.78 is 24.1. The molecule has 5 fully saturated rings. The van der Waals surface area contributed by atoms with E-state index in [4.69, 9.17) is 25.4 Å². The van der Waals surface area contributed by atoms with Gasteiger partial charge in [-0.25, -0.2) is 4.79 Å². The van der Waals surface area contributed by atoms with Gasteiger partial charge in [0.05, 0.1) is 30.6 Å². The predicted octanol–water partition coefficient (Wildman–Crippen LogP) is 1.53. The number of fused-ring (bicyclic) bond motifs is 1. The summed E-state index contributed by atoms with van der Waals surface area (Å²) >= 11 is 0. The fraction of sp³-hybridized carbons (Fsp3) is 0.650. The fourth-order valence-corrected chi connectivity index (χ4v) is 6.81. The summed E-state index contributed by atoms with van der Waals surface area (Å²) in [6, 6.07) is 0.352. The lowest BCUT2D eigenvalue weighted by molar-refractivity contribution is -0.255. The molecule has 8 atom stereocenters. The zero-order valence-electron chi connectivity index (χ0n) is 15.1. The van der Waals surface area contributed by atoms with Crippen molar-refractivity contribution in [2.45, 2.75) is 50.2 Å². The Morgan fingerprint density at radius 3 is 2.96 bits per heavy atom. The topological polar surface area (TPSA) is 57.2 Å². The molecule has 6 heteroatoms. The van der Waals surface area contributed by atoms with Crippen LogP contribution in [-0.4, -0.2) is 48.0 Å². The Morgan fingerprint density at radius 2 is 2.23 bits per heavy atom. The number of carbonyl (C=O) groups excluding carboxylic acids is 1. The van der Waals surface area contributed by atoms with Crippen molar-refractivity contribution in [2.75, 3.05) is 13.7 Å². The Kier molecular flexibility index (Phi) is 2.50. The molecule has 0 aromatic rings. The molecule has 6 aliphatic heterocycles. The smallest absolute Gasteiger partial charge is 0.343 e. The van der Waals surface area contributed by atoms with Gasteiger partial charge < -0.3 is 18.9 Å². The van der Waals surface area contributed by atoms with Crippen molar-refractivity contribution in [2.24, 2.45) is 17.8 Å². The van der Waals surface area contributed by atoms with Crippen LogP contribution in [0.1, 0.15) is 26.7 Å². The number of carbonyl (C=O) groups is 1. The van der Waals surface area contributed by atoms with Gasteiger partial charge in [0.2, 0.25) is 11.5 Å². The zero-order valence-corrected chi connectivity index (χ0v) is 15.1. The van der Waals surface area contributed by atoms with Crippen molar-refractivity contribution in [3.05, 3.63) is 22.9 Å². The number of methoxy groups -OCH3 is 1. The van der Waals surface area contributed by atoms with Crippen molar-refractivity contribution >= 4 is 5.97 Å².